The molecule has 1 saturated carbocycles. The second-order valence-corrected chi connectivity index (χ2v) is 11.4. The number of halogens is 1. The Morgan fingerprint density at radius 2 is 1.92 bits per heavy atom. The molecule has 1 saturated heterocycles. The van der Waals surface area contributed by atoms with Crippen molar-refractivity contribution in [1.29, 1.82) is 0 Å². The molecule has 1 aromatic carbocycles. The minimum absolute atomic E-state index is 0.109. The highest BCUT2D eigenvalue weighted by molar-refractivity contribution is 5.92. The number of H-pyrrole nitrogens is 1. The first-order chi connectivity index (χ1) is 18.8. The quantitative estimate of drug-likeness (QED) is 0.438. The van der Waals surface area contributed by atoms with Gasteiger partial charge in [-0.2, -0.15) is 5.10 Å². The van der Waals surface area contributed by atoms with Gasteiger partial charge in [0.1, 0.15) is 17.0 Å². The highest BCUT2D eigenvalue weighted by Gasteiger charge is 2.34. The van der Waals surface area contributed by atoms with Crippen LogP contribution in [0.4, 0.5) is 9.18 Å². The van der Waals surface area contributed by atoms with Gasteiger partial charge in [0.2, 0.25) is 0 Å². The van der Waals surface area contributed by atoms with E-state index in [1.54, 1.807) is 46.9 Å². The number of aromatic nitrogens is 4. The van der Waals surface area contributed by atoms with Crippen molar-refractivity contribution in [2.45, 2.75) is 77.4 Å². The predicted molar refractivity (Wildman–Crippen MR) is 148 cm³/mol. The summed E-state index contributed by atoms with van der Waals surface area (Å²) in [6.07, 6.45) is 8.28. The fourth-order valence-corrected chi connectivity index (χ4v) is 6.24. The van der Waals surface area contributed by atoms with Crippen molar-refractivity contribution in [3.63, 3.8) is 0 Å². The summed E-state index contributed by atoms with van der Waals surface area (Å²) in [5, 5.41) is 7.45. The number of hydrogen-bond acceptors (Lipinski definition) is 4. The lowest BCUT2D eigenvalue weighted by atomic mass is 9.79. The van der Waals surface area contributed by atoms with E-state index >= 15 is 4.39 Å². The zero-order valence-corrected chi connectivity index (χ0v) is 23.4. The van der Waals surface area contributed by atoms with E-state index in [0.29, 0.717) is 48.0 Å². The Balaban J connectivity index is 1.49. The first-order valence-corrected chi connectivity index (χ1v) is 14.3. The topological polar surface area (TPSA) is 99.2 Å². The fraction of sp³-hybridized carbons (Fsp3) is 0.586. The van der Waals surface area contributed by atoms with Crippen LogP contribution >= 0.6 is 0 Å². The van der Waals surface area contributed by atoms with Gasteiger partial charge < -0.3 is 20.1 Å². The molecule has 2 N–H and O–H groups in total. The number of aromatic amines is 1. The maximum atomic E-state index is 16.1. The molecule has 3 aromatic rings. The molecule has 0 radical (unpaired) electrons. The van der Waals surface area contributed by atoms with E-state index in [-0.39, 0.29) is 35.5 Å². The molecule has 2 fully saturated rings. The number of likely N-dealkylation sites (tertiary alicyclic amines) is 1. The Morgan fingerprint density at radius 3 is 2.64 bits per heavy atom. The van der Waals surface area contributed by atoms with Gasteiger partial charge in [0.05, 0.1) is 17.6 Å². The zero-order valence-electron chi connectivity index (χ0n) is 23.4. The van der Waals surface area contributed by atoms with E-state index in [1.165, 1.54) is 0 Å². The van der Waals surface area contributed by atoms with Gasteiger partial charge in [-0.1, -0.05) is 25.8 Å². The molecule has 3 amide bonds. The number of hydrogen-bond donors (Lipinski definition) is 2. The van der Waals surface area contributed by atoms with Crippen LogP contribution in [0.1, 0.15) is 92.8 Å². The number of urea groups is 1. The summed E-state index contributed by atoms with van der Waals surface area (Å²) in [6.45, 7) is 5.41. The van der Waals surface area contributed by atoms with Crippen molar-refractivity contribution in [1.82, 2.24) is 34.9 Å². The molecular weight excluding hydrogens is 497 g/mol. The molecule has 0 bridgehead atoms. The number of nitrogens with zero attached hydrogens (tertiary/aromatic N) is 5. The van der Waals surface area contributed by atoms with Gasteiger partial charge in [0, 0.05) is 38.9 Å². The van der Waals surface area contributed by atoms with E-state index < -0.39 is 5.82 Å². The Labute approximate surface area is 229 Å². The van der Waals surface area contributed by atoms with Gasteiger partial charge in [-0.3, -0.25) is 9.48 Å². The average molecular weight is 538 g/mol. The molecule has 39 heavy (non-hydrogen) atoms. The van der Waals surface area contributed by atoms with Gasteiger partial charge in [-0.25, -0.2) is 14.2 Å². The monoisotopic (exact) mass is 537 g/mol. The lowest BCUT2D eigenvalue weighted by molar-refractivity contribution is 0.0893. The molecule has 9 nitrogen and oxygen atoms in total. The zero-order chi connectivity index (χ0) is 27.7. The van der Waals surface area contributed by atoms with Crippen LogP contribution < -0.4 is 5.32 Å². The van der Waals surface area contributed by atoms with E-state index in [9.17, 15) is 9.59 Å². The molecule has 2 aromatic heterocycles. The van der Waals surface area contributed by atoms with E-state index in [4.69, 9.17) is 4.98 Å². The predicted octanol–water partition coefficient (Wildman–Crippen LogP) is 5.42. The normalized spacial score (nSPS) is 22.6. The minimum atomic E-state index is -0.398. The molecule has 2 aliphatic rings. The number of carbonyl (C=O) groups is 2. The maximum Gasteiger partial charge on any atom is 0.319 e. The highest BCUT2D eigenvalue weighted by Crippen LogP contribution is 2.38. The number of aryl methyl sites for hydroxylation is 1. The number of piperidine rings is 1. The van der Waals surface area contributed by atoms with Crippen molar-refractivity contribution in [3.05, 3.63) is 47.3 Å². The fourth-order valence-electron chi connectivity index (χ4n) is 6.24. The summed E-state index contributed by atoms with van der Waals surface area (Å²) >= 11 is 0. The molecule has 0 spiro atoms. The van der Waals surface area contributed by atoms with Gasteiger partial charge in [0.15, 0.2) is 5.82 Å². The van der Waals surface area contributed by atoms with Crippen LogP contribution in [0.3, 0.4) is 0 Å². The Morgan fingerprint density at radius 1 is 1.15 bits per heavy atom. The van der Waals surface area contributed by atoms with Gasteiger partial charge >= 0.3 is 6.03 Å². The molecule has 5 rings (SSSR count). The van der Waals surface area contributed by atoms with E-state index in [0.717, 1.165) is 38.5 Å². The first-order valence-electron chi connectivity index (χ1n) is 14.3. The smallest absolute Gasteiger partial charge is 0.319 e. The third kappa shape index (κ3) is 5.38. The molecule has 3 heterocycles. The van der Waals surface area contributed by atoms with Crippen LogP contribution in [0, 0.1) is 17.7 Å². The average Bonchev–Trinajstić information content (AvgIpc) is 3.60. The number of nitrogens with one attached hydrogen (secondary N) is 2. The molecule has 10 heteroatoms. The largest absolute Gasteiger partial charge is 0.340 e. The van der Waals surface area contributed by atoms with Crippen molar-refractivity contribution in [3.8, 4) is 0 Å². The second kappa shape index (κ2) is 11.4. The Bertz CT molecular complexity index is 1320. The Hall–Kier alpha value is -3.43. The number of imidazole rings is 1. The molecule has 1 aliphatic carbocycles. The van der Waals surface area contributed by atoms with Crippen LogP contribution in [0.2, 0.25) is 0 Å². The van der Waals surface area contributed by atoms with Crippen LogP contribution in [0.5, 0.6) is 0 Å². The van der Waals surface area contributed by atoms with Crippen molar-refractivity contribution >= 4 is 23.0 Å². The van der Waals surface area contributed by atoms with Gasteiger partial charge in [-0.15, -0.1) is 0 Å². The van der Waals surface area contributed by atoms with Crippen LogP contribution in [0.15, 0.2) is 24.4 Å². The number of amides is 3. The number of carbonyl (C=O) groups excluding carboxylic acids is 2. The Kier molecular flexibility index (Phi) is 7.91. The van der Waals surface area contributed by atoms with Crippen LogP contribution in [-0.2, 0) is 6.54 Å². The van der Waals surface area contributed by atoms with E-state index in [2.05, 4.69) is 22.3 Å². The molecule has 1 aliphatic heterocycles. The number of rotatable bonds is 6. The van der Waals surface area contributed by atoms with Crippen molar-refractivity contribution < 1.29 is 14.0 Å². The van der Waals surface area contributed by atoms with E-state index in [1.807, 2.05) is 13.0 Å². The third-order valence-corrected chi connectivity index (χ3v) is 8.49. The molecule has 1 unspecified atom stereocenters. The van der Waals surface area contributed by atoms with Crippen molar-refractivity contribution in [2.75, 3.05) is 20.6 Å². The summed E-state index contributed by atoms with van der Waals surface area (Å²) in [4.78, 5) is 37.6. The number of fused-ring (bicyclic) bond motifs is 1. The van der Waals surface area contributed by atoms with Crippen LogP contribution in [0.25, 0.3) is 11.0 Å². The molecular formula is C29H40FN7O2. The third-order valence-electron chi connectivity index (χ3n) is 8.49. The van der Waals surface area contributed by atoms with Crippen LogP contribution in [-0.4, -0.2) is 62.1 Å². The summed E-state index contributed by atoms with van der Waals surface area (Å²) in [5.41, 5.74) is 1.84. The maximum absolute atomic E-state index is 16.1. The molecule has 2 atom stereocenters. The second-order valence-electron chi connectivity index (χ2n) is 11.4. The summed E-state index contributed by atoms with van der Waals surface area (Å²) in [5.74, 6) is 0.807. The van der Waals surface area contributed by atoms with Gasteiger partial charge in [0.25, 0.3) is 5.91 Å². The number of benzene rings is 1. The summed E-state index contributed by atoms with van der Waals surface area (Å²) in [7, 11) is 3.45. The highest BCUT2D eigenvalue weighted by atomic mass is 19.1. The molecule has 210 valence electrons. The SMILES string of the molecule is CCn1nccc1C(=O)N[C@H](c1nc2c(F)c(C3CCCCN3C(=O)N(C)C)ccc2[nH]1)[C@H]1CC[C@H](C)CC1. The van der Waals surface area contributed by atoms with Crippen molar-refractivity contribution in [2.24, 2.45) is 11.8 Å². The van der Waals surface area contributed by atoms with Gasteiger partial charge in [-0.05, 0) is 63.0 Å². The first kappa shape index (κ1) is 27.1. The summed E-state index contributed by atoms with van der Waals surface area (Å²) < 4.78 is 17.8. The lowest BCUT2D eigenvalue weighted by Gasteiger charge is -2.37. The lowest BCUT2D eigenvalue weighted by Crippen LogP contribution is -2.44. The minimum Gasteiger partial charge on any atom is -0.340 e. The summed E-state index contributed by atoms with van der Waals surface area (Å²) in [6, 6.07) is 4.54. The standard InChI is InChI=1S/C29H40FN7O2/c1-5-37-23(15-16-31-37)28(38)34-25(19-11-9-18(2)10-12-19)27-32-21-14-13-20(24(30)26(21)33-27)22-8-6-7-17-36(22)29(39)35(3)4/h13-16,18-19,22,25H,5-12,17H2,1-4H3,(H,32,33)(H,34,38)/t18-,19-,22?,25-/m0/s1.